The van der Waals surface area contributed by atoms with E-state index < -0.39 is 0 Å². The quantitative estimate of drug-likeness (QED) is 0.413. The highest BCUT2D eigenvalue weighted by atomic mass is 32.1. The molecule has 1 aliphatic carbocycles. The molecule has 2 aromatic heterocycles. The molecule has 1 saturated heterocycles. The molecule has 0 unspecified atom stereocenters. The van der Waals surface area contributed by atoms with Gasteiger partial charge in [0.05, 0.1) is 17.8 Å². The number of nitrogens with one attached hydrogen (secondary N) is 2. The summed E-state index contributed by atoms with van der Waals surface area (Å²) in [5.41, 5.74) is 5.02. The normalized spacial score (nSPS) is 20.5. The van der Waals surface area contributed by atoms with Crippen LogP contribution in [0.4, 0.5) is 11.4 Å². The summed E-state index contributed by atoms with van der Waals surface area (Å²) in [6, 6.07) is 14.8. The SMILES string of the molecule is Cc1cc(N2C(=S)N[C@H](c3ccccn3)[C@H]2c2ccn(C3CCCC3)c2)ccc1NC(=O)C(C)C. The van der Waals surface area contributed by atoms with E-state index in [2.05, 4.69) is 55.7 Å². The molecular formula is C28H33N5OS. The van der Waals surface area contributed by atoms with E-state index in [1.165, 1.54) is 31.2 Å². The van der Waals surface area contributed by atoms with E-state index >= 15 is 0 Å². The number of thiocarbonyl (C=S) groups is 1. The Balaban J connectivity index is 1.52. The zero-order chi connectivity index (χ0) is 24.5. The van der Waals surface area contributed by atoms with E-state index in [0.717, 1.165) is 22.6 Å². The molecule has 0 bridgehead atoms. The van der Waals surface area contributed by atoms with Gasteiger partial charge < -0.3 is 20.1 Å². The first-order valence-electron chi connectivity index (χ1n) is 12.5. The number of hydrogen-bond acceptors (Lipinski definition) is 3. The lowest BCUT2D eigenvalue weighted by molar-refractivity contribution is -0.118. The van der Waals surface area contributed by atoms with Crippen LogP contribution >= 0.6 is 12.2 Å². The Morgan fingerprint density at radius 1 is 1.17 bits per heavy atom. The first-order valence-corrected chi connectivity index (χ1v) is 12.9. The minimum atomic E-state index is -0.0724. The van der Waals surface area contributed by atoms with Crippen molar-refractivity contribution in [3.63, 3.8) is 0 Å². The fourth-order valence-corrected chi connectivity index (χ4v) is 5.57. The Kier molecular flexibility index (Phi) is 6.60. The number of aryl methyl sites for hydroxylation is 1. The third-order valence-electron chi connectivity index (χ3n) is 7.19. The van der Waals surface area contributed by atoms with Crippen LogP contribution in [0.5, 0.6) is 0 Å². The summed E-state index contributed by atoms with van der Waals surface area (Å²) in [6.07, 6.45) is 11.4. The van der Waals surface area contributed by atoms with Crippen LogP contribution in [0.3, 0.4) is 0 Å². The summed E-state index contributed by atoms with van der Waals surface area (Å²) in [4.78, 5) is 19.1. The van der Waals surface area contributed by atoms with Gasteiger partial charge in [0.1, 0.15) is 0 Å². The van der Waals surface area contributed by atoms with Crippen molar-refractivity contribution in [1.82, 2.24) is 14.9 Å². The van der Waals surface area contributed by atoms with Gasteiger partial charge >= 0.3 is 0 Å². The van der Waals surface area contributed by atoms with Crippen LogP contribution in [-0.2, 0) is 4.79 Å². The molecule has 1 saturated carbocycles. The summed E-state index contributed by atoms with van der Waals surface area (Å²) < 4.78 is 2.38. The maximum atomic E-state index is 12.2. The molecule has 1 aromatic carbocycles. The fraction of sp³-hybridized carbons (Fsp3) is 0.393. The van der Waals surface area contributed by atoms with E-state index in [4.69, 9.17) is 12.2 Å². The largest absolute Gasteiger partial charge is 0.351 e. The zero-order valence-electron chi connectivity index (χ0n) is 20.6. The molecule has 2 N–H and O–H groups in total. The smallest absolute Gasteiger partial charge is 0.226 e. The number of benzene rings is 1. The molecule has 0 radical (unpaired) electrons. The number of nitrogens with zero attached hydrogens (tertiary/aromatic N) is 3. The van der Waals surface area contributed by atoms with E-state index in [1.807, 2.05) is 51.2 Å². The van der Waals surface area contributed by atoms with E-state index in [0.29, 0.717) is 11.2 Å². The summed E-state index contributed by atoms with van der Waals surface area (Å²) in [5, 5.41) is 7.25. The van der Waals surface area contributed by atoms with Crippen molar-refractivity contribution in [2.24, 2.45) is 5.92 Å². The second-order valence-electron chi connectivity index (χ2n) is 9.97. The predicted octanol–water partition coefficient (Wildman–Crippen LogP) is 6.08. The molecule has 182 valence electrons. The number of rotatable bonds is 6. The van der Waals surface area contributed by atoms with E-state index in [-0.39, 0.29) is 23.9 Å². The molecule has 3 aromatic rings. The van der Waals surface area contributed by atoms with Crippen LogP contribution in [-0.4, -0.2) is 20.6 Å². The van der Waals surface area contributed by atoms with Crippen molar-refractivity contribution in [3.8, 4) is 0 Å². The fourth-order valence-electron chi connectivity index (χ4n) is 5.22. The predicted molar refractivity (Wildman–Crippen MR) is 145 cm³/mol. The van der Waals surface area contributed by atoms with Gasteiger partial charge in [0.25, 0.3) is 0 Å². The molecule has 35 heavy (non-hydrogen) atoms. The second-order valence-corrected chi connectivity index (χ2v) is 10.4. The number of pyridine rings is 1. The first-order chi connectivity index (χ1) is 16.9. The lowest BCUT2D eigenvalue weighted by Gasteiger charge is -2.28. The zero-order valence-corrected chi connectivity index (χ0v) is 21.4. The van der Waals surface area contributed by atoms with Gasteiger partial charge in [0.15, 0.2) is 5.11 Å². The minimum absolute atomic E-state index is 0.0144. The van der Waals surface area contributed by atoms with Crippen LogP contribution in [0.2, 0.25) is 0 Å². The summed E-state index contributed by atoms with van der Waals surface area (Å²) in [7, 11) is 0. The standard InChI is InChI=1S/C28H33N5OS/c1-18(2)27(34)30-23-12-11-22(16-19(23)3)33-26(20-13-15-32(17-20)21-8-4-5-9-21)25(31-28(33)35)24-10-6-7-14-29-24/h6-7,10-18,21,25-26H,4-5,8-9H2,1-3H3,(H,30,34)(H,31,35)/t25-,26-/m1/s1. The highest BCUT2D eigenvalue weighted by Crippen LogP contribution is 2.43. The third-order valence-corrected chi connectivity index (χ3v) is 7.51. The summed E-state index contributed by atoms with van der Waals surface area (Å²) >= 11 is 5.88. The number of aromatic nitrogens is 2. The van der Waals surface area contributed by atoms with Gasteiger partial charge in [-0.1, -0.05) is 32.8 Å². The molecule has 1 amide bonds. The number of carbonyl (C=O) groups excluding carboxylic acids is 1. The lowest BCUT2D eigenvalue weighted by Crippen LogP contribution is -2.29. The topological polar surface area (TPSA) is 62.2 Å². The molecule has 3 heterocycles. The molecule has 5 rings (SSSR count). The van der Waals surface area contributed by atoms with Gasteiger partial charge in [-0.15, -0.1) is 0 Å². The van der Waals surface area contributed by atoms with Gasteiger partial charge in [-0.25, -0.2) is 0 Å². The van der Waals surface area contributed by atoms with Crippen LogP contribution in [0.1, 0.15) is 74.5 Å². The lowest BCUT2D eigenvalue weighted by atomic mass is 9.98. The molecule has 0 spiro atoms. The van der Waals surface area contributed by atoms with E-state index in [1.54, 1.807) is 0 Å². The number of hydrogen-bond donors (Lipinski definition) is 2. The Morgan fingerprint density at radius 3 is 2.66 bits per heavy atom. The van der Waals surface area contributed by atoms with Crippen molar-refractivity contribution in [1.29, 1.82) is 0 Å². The monoisotopic (exact) mass is 487 g/mol. The minimum Gasteiger partial charge on any atom is -0.351 e. The maximum Gasteiger partial charge on any atom is 0.226 e. The van der Waals surface area contributed by atoms with Crippen molar-refractivity contribution in [2.45, 2.75) is 64.6 Å². The van der Waals surface area contributed by atoms with Crippen molar-refractivity contribution < 1.29 is 4.79 Å². The van der Waals surface area contributed by atoms with Gasteiger partial charge in [0, 0.05) is 41.9 Å². The van der Waals surface area contributed by atoms with Gasteiger partial charge in [-0.2, -0.15) is 0 Å². The number of amides is 1. The van der Waals surface area contributed by atoms with Gasteiger partial charge in [-0.3, -0.25) is 9.78 Å². The number of anilines is 2. The molecule has 2 atom stereocenters. The van der Waals surface area contributed by atoms with Crippen LogP contribution in [0, 0.1) is 12.8 Å². The van der Waals surface area contributed by atoms with E-state index in [9.17, 15) is 4.79 Å². The van der Waals surface area contributed by atoms with Gasteiger partial charge in [0.2, 0.25) is 5.91 Å². The van der Waals surface area contributed by atoms with Crippen molar-refractivity contribution >= 4 is 34.6 Å². The molecular weight excluding hydrogens is 454 g/mol. The maximum absolute atomic E-state index is 12.2. The Hall–Kier alpha value is -3.19. The van der Waals surface area contributed by atoms with Crippen molar-refractivity contribution in [3.05, 3.63) is 77.9 Å². The average Bonchev–Trinajstić information content (AvgIpc) is 3.60. The summed E-state index contributed by atoms with van der Waals surface area (Å²) in [5.74, 6) is -0.0580. The highest BCUT2D eigenvalue weighted by molar-refractivity contribution is 7.80. The molecule has 1 aliphatic heterocycles. The Bertz CT molecular complexity index is 1220. The van der Waals surface area contributed by atoms with Crippen molar-refractivity contribution in [2.75, 3.05) is 10.2 Å². The molecule has 7 heteroatoms. The summed E-state index contributed by atoms with van der Waals surface area (Å²) in [6.45, 7) is 5.81. The van der Waals surface area contributed by atoms with Crippen LogP contribution in [0.15, 0.2) is 61.1 Å². The Morgan fingerprint density at radius 2 is 1.97 bits per heavy atom. The number of carbonyl (C=O) groups is 1. The molecule has 2 aliphatic rings. The van der Waals surface area contributed by atoms with Gasteiger partial charge in [-0.05, 0) is 79.5 Å². The average molecular weight is 488 g/mol. The highest BCUT2D eigenvalue weighted by Gasteiger charge is 2.41. The second kappa shape index (κ2) is 9.82. The Labute approximate surface area is 212 Å². The third kappa shape index (κ3) is 4.69. The molecule has 6 nitrogen and oxygen atoms in total. The van der Waals surface area contributed by atoms with Crippen LogP contribution < -0.4 is 15.5 Å². The molecule has 2 fully saturated rings. The van der Waals surface area contributed by atoms with Crippen LogP contribution in [0.25, 0.3) is 0 Å². The first kappa shape index (κ1) is 23.5.